The van der Waals surface area contributed by atoms with Crippen molar-refractivity contribution in [2.24, 2.45) is 0 Å². The molecule has 1 aliphatic rings. The molecule has 1 saturated heterocycles. The number of morpholine rings is 1. The van der Waals surface area contributed by atoms with Crippen molar-refractivity contribution in [2.45, 2.75) is 25.7 Å². The molecule has 0 saturated carbocycles. The molecule has 0 amide bonds. The van der Waals surface area contributed by atoms with E-state index in [4.69, 9.17) is 10.1 Å². The van der Waals surface area contributed by atoms with Crippen molar-refractivity contribution in [1.82, 2.24) is 5.32 Å². The Labute approximate surface area is 149 Å². The van der Waals surface area contributed by atoms with Crippen LogP contribution in [0.2, 0.25) is 0 Å². The van der Waals surface area contributed by atoms with Crippen molar-refractivity contribution in [3.63, 3.8) is 0 Å². The largest absolute Gasteiger partial charge is 0.358 e. The minimum Gasteiger partial charge on any atom is -0.358 e. The number of alkyl halides is 1. The van der Waals surface area contributed by atoms with E-state index in [2.05, 4.69) is 29.3 Å². The number of hydrogen-bond acceptors (Lipinski definition) is 3. The van der Waals surface area contributed by atoms with Crippen LogP contribution in [-0.2, 0) is 10.3 Å². The zero-order valence-corrected chi connectivity index (χ0v) is 14.8. The molecule has 1 aliphatic heterocycles. The fourth-order valence-corrected chi connectivity index (χ4v) is 4.32. The monoisotopic (exact) mass is 352 g/mol. The Bertz CT molecular complexity index is 1060. The van der Waals surface area contributed by atoms with Gasteiger partial charge in [0.15, 0.2) is 0 Å². The number of hydrogen-bond donors (Lipinski definition) is 2. The quantitative estimate of drug-likeness (QED) is 0.632. The van der Waals surface area contributed by atoms with Gasteiger partial charge in [0.1, 0.15) is 18.0 Å². The van der Waals surface area contributed by atoms with Crippen molar-refractivity contribution < 1.29 is 9.13 Å². The van der Waals surface area contributed by atoms with Crippen LogP contribution < -0.4 is 5.32 Å². The summed E-state index contributed by atoms with van der Waals surface area (Å²) in [6.07, 6.45) is -1.51. The van der Waals surface area contributed by atoms with Gasteiger partial charge in [-0.15, -0.1) is 17.3 Å². The summed E-state index contributed by atoms with van der Waals surface area (Å²) in [6.45, 7) is 3.52. The highest BCUT2D eigenvalue weighted by molar-refractivity contribution is 7.25. The van der Waals surface area contributed by atoms with Crippen LogP contribution in [0.25, 0.3) is 20.2 Å². The lowest BCUT2D eigenvalue weighted by Crippen LogP contribution is -2.56. The van der Waals surface area contributed by atoms with Gasteiger partial charge in [0, 0.05) is 25.7 Å². The smallest absolute Gasteiger partial charge is 0.226 e. The number of benzene rings is 2. The highest BCUT2D eigenvalue weighted by atomic mass is 32.1. The molecule has 0 bridgehead atoms. The maximum Gasteiger partial charge on any atom is 0.226 e. The van der Waals surface area contributed by atoms with E-state index >= 15 is 0 Å². The van der Waals surface area contributed by atoms with E-state index in [9.17, 15) is 4.39 Å². The topological polar surface area (TPSA) is 45.1 Å². The van der Waals surface area contributed by atoms with Gasteiger partial charge in [0.2, 0.25) is 6.36 Å². The molecule has 1 aromatic heterocycles. The fraction of sp³-hybridized carbons (Fsp3) is 0.250. The molecule has 5 heteroatoms. The molecule has 1 fully saturated rings. The van der Waals surface area contributed by atoms with E-state index < -0.39 is 11.9 Å². The van der Waals surface area contributed by atoms with Crippen LogP contribution in [0.5, 0.6) is 0 Å². The summed E-state index contributed by atoms with van der Waals surface area (Å²) in [4.78, 5) is 0. The summed E-state index contributed by atoms with van der Waals surface area (Å²) in [7, 11) is 0. The summed E-state index contributed by atoms with van der Waals surface area (Å²) < 4.78 is 21.9. The Kier molecular flexibility index (Phi) is 3.75. The minimum absolute atomic E-state index is 0.0283. The van der Waals surface area contributed by atoms with E-state index in [-0.39, 0.29) is 12.4 Å². The van der Waals surface area contributed by atoms with Gasteiger partial charge >= 0.3 is 0 Å². The van der Waals surface area contributed by atoms with Gasteiger partial charge in [-0.25, -0.2) is 4.39 Å². The second kappa shape index (κ2) is 5.83. The second-order valence-electron chi connectivity index (χ2n) is 6.33. The van der Waals surface area contributed by atoms with Gasteiger partial charge in [-0.1, -0.05) is 12.0 Å². The van der Waals surface area contributed by atoms with Gasteiger partial charge in [-0.3, -0.25) is 5.41 Å². The highest BCUT2D eigenvalue weighted by Crippen LogP contribution is 2.38. The molecule has 2 heterocycles. The van der Waals surface area contributed by atoms with Gasteiger partial charge in [0.25, 0.3) is 0 Å². The first-order valence-electron chi connectivity index (χ1n) is 8.02. The zero-order chi connectivity index (χ0) is 17.6. The molecule has 0 aliphatic carbocycles. The maximum absolute atomic E-state index is 14.5. The lowest BCUT2D eigenvalue weighted by molar-refractivity contribution is -0.0937. The molecule has 2 N–H and O–H groups in total. The first-order chi connectivity index (χ1) is 12.0. The van der Waals surface area contributed by atoms with Gasteiger partial charge in [-0.2, -0.15) is 0 Å². The Balaban J connectivity index is 1.91. The van der Waals surface area contributed by atoms with E-state index in [0.29, 0.717) is 0 Å². The van der Waals surface area contributed by atoms with Crippen molar-refractivity contribution >= 4 is 37.3 Å². The van der Waals surface area contributed by atoms with Crippen LogP contribution >= 0.6 is 11.3 Å². The molecular weight excluding hydrogens is 335 g/mol. The minimum atomic E-state index is -1.51. The SMILES string of the molecule is CC#Cc1ccc2sc3ccc([C@@]4(C)NC(=N)CO[C@@H]4F)cc3c2c1. The summed E-state index contributed by atoms with van der Waals surface area (Å²) in [5.41, 5.74) is 0.665. The standard InChI is InChI=1S/C20H17FN2OS/c1-3-4-12-5-7-16-14(9-12)15-10-13(6-8-17(15)25-16)20(2)19(21)24-11-18(22)23-20/h5-10,19H,11H2,1-2H3,(H2,22,23)/t19-,20+/m0/s1. The Morgan fingerprint density at radius 2 is 1.96 bits per heavy atom. The van der Waals surface area contributed by atoms with E-state index in [1.54, 1.807) is 18.3 Å². The molecule has 0 unspecified atom stereocenters. The number of halogens is 1. The molecular formula is C20H17FN2OS. The van der Waals surface area contributed by atoms with E-state index in [1.807, 2.05) is 31.2 Å². The zero-order valence-electron chi connectivity index (χ0n) is 13.9. The summed E-state index contributed by atoms with van der Waals surface area (Å²) in [6, 6.07) is 12.1. The molecule has 126 valence electrons. The molecule has 25 heavy (non-hydrogen) atoms. The van der Waals surface area contributed by atoms with Gasteiger partial charge < -0.3 is 10.1 Å². The van der Waals surface area contributed by atoms with Crippen LogP contribution in [0.4, 0.5) is 4.39 Å². The third kappa shape index (κ3) is 2.58. The predicted molar refractivity (Wildman–Crippen MR) is 101 cm³/mol. The van der Waals surface area contributed by atoms with Crippen molar-refractivity contribution in [1.29, 1.82) is 5.41 Å². The summed E-state index contributed by atoms with van der Waals surface area (Å²) in [5, 5.41) is 13.0. The Morgan fingerprint density at radius 3 is 2.72 bits per heavy atom. The molecule has 0 radical (unpaired) electrons. The number of fused-ring (bicyclic) bond motifs is 3. The second-order valence-corrected chi connectivity index (χ2v) is 7.42. The normalized spacial score (nSPS) is 23.3. The van der Waals surface area contributed by atoms with Gasteiger partial charge in [0.05, 0.1) is 0 Å². The van der Waals surface area contributed by atoms with Crippen LogP contribution in [0.1, 0.15) is 25.0 Å². The third-order valence-corrected chi connectivity index (χ3v) is 5.73. The number of thiophene rings is 1. The third-order valence-electron chi connectivity index (χ3n) is 4.58. The lowest BCUT2D eigenvalue weighted by Gasteiger charge is -2.39. The van der Waals surface area contributed by atoms with E-state index in [0.717, 1.165) is 26.6 Å². The fourth-order valence-electron chi connectivity index (χ4n) is 3.26. The molecule has 3 aromatic rings. The molecule has 2 atom stereocenters. The van der Waals surface area contributed by atoms with Crippen LogP contribution in [0, 0.1) is 17.3 Å². The summed E-state index contributed by atoms with van der Waals surface area (Å²) in [5.74, 6) is 6.20. The van der Waals surface area contributed by atoms with E-state index in [1.165, 1.54) is 4.70 Å². The first-order valence-corrected chi connectivity index (χ1v) is 8.84. The number of amidine groups is 1. The number of nitrogens with one attached hydrogen (secondary N) is 2. The van der Waals surface area contributed by atoms with Gasteiger partial charge in [-0.05, 0) is 49.7 Å². The van der Waals surface area contributed by atoms with Crippen LogP contribution in [-0.4, -0.2) is 18.8 Å². The van der Waals surface area contributed by atoms with Crippen molar-refractivity contribution in [3.8, 4) is 11.8 Å². The highest BCUT2D eigenvalue weighted by Gasteiger charge is 2.41. The van der Waals surface area contributed by atoms with Crippen LogP contribution in [0.15, 0.2) is 36.4 Å². The summed E-state index contributed by atoms with van der Waals surface area (Å²) >= 11 is 1.71. The first kappa shape index (κ1) is 16.1. The Morgan fingerprint density at radius 1 is 1.24 bits per heavy atom. The van der Waals surface area contributed by atoms with Crippen molar-refractivity contribution in [2.75, 3.05) is 6.61 Å². The lowest BCUT2D eigenvalue weighted by atomic mass is 9.89. The molecule has 2 aromatic carbocycles. The average molecular weight is 352 g/mol. The molecule has 0 spiro atoms. The predicted octanol–water partition coefficient (Wildman–Crippen LogP) is 4.53. The number of rotatable bonds is 1. The molecule has 4 rings (SSSR count). The Hall–Kier alpha value is -2.42. The van der Waals surface area contributed by atoms with Crippen molar-refractivity contribution in [3.05, 3.63) is 47.5 Å². The number of ether oxygens (including phenoxy) is 1. The molecule has 3 nitrogen and oxygen atoms in total. The maximum atomic E-state index is 14.5. The van der Waals surface area contributed by atoms with Crippen LogP contribution in [0.3, 0.4) is 0 Å². The average Bonchev–Trinajstić information content (AvgIpc) is 2.96.